The lowest BCUT2D eigenvalue weighted by molar-refractivity contribution is -0.164. The summed E-state index contributed by atoms with van der Waals surface area (Å²) in [5, 5.41) is 0. The highest BCUT2D eigenvalue weighted by atomic mass is 16.6. The molecule has 0 saturated carbocycles. The lowest BCUT2D eigenvalue weighted by Crippen LogP contribution is -2.41. The van der Waals surface area contributed by atoms with Gasteiger partial charge in [-0.2, -0.15) is 0 Å². The monoisotopic (exact) mass is 280 g/mol. The third-order valence-corrected chi connectivity index (χ3v) is 3.38. The normalized spacial score (nSPS) is 30.2. The molecule has 0 aromatic carbocycles. The number of fused-ring (bicyclic) bond motifs is 2. The number of rotatable bonds is 7. The molecule has 5 nitrogen and oxygen atoms in total. The lowest BCUT2D eigenvalue weighted by atomic mass is 10.0. The molecule has 0 aromatic heterocycles. The first-order valence-corrected chi connectivity index (χ1v) is 6.93. The summed E-state index contributed by atoms with van der Waals surface area (Å²) in [6.07, 6.45) is 6.79. The van der Waals surface area contributed by atoms with Crippen molar-refractivity contribution < 1.29 is 23.8 Å². The van der Waals surface area contributed by atoms with Crippen molar-refractivity contribution in [2.24, 2.45) is 0 Å². The van der Waals surface area contributed by atoms with Crippen molar-refractivity contribution in [3.05, 3.63) is 24.8 Å². The molecule has 0 spiro atoms. The van der Waals surface area contributed by atoms with Crippen LogP contribution in [-0.2, 0) is 23.8 Å². The Bertz CT molecular complexity index is 414. The summed E-state index contributed by atoms with van der Waals surface area (Å²) < 4.78 is 16.2. The molecule has 0 aromatic rings. The van der Waals surface area contributed by atoms with Crippen LogP contribution in [0.1, 0.15) is 32.6 Å². The molecule has 0 N–H and O–H groups in total. The van der Waals surface area contributed by atoms with Crippen LogP contribution in [-0.4, -0.2) is 36.4 Å². The molecule has 20 heavy (non-hydrogen) atoms. The third-order valence-electron chi connectivity index (χ3n) is 3.38. The highest BCUT2D eigenvalue weighted by Gasteiger charge is 2.50. The quantitative estimate of drug-likeness (QED) is 0.405. The predicted molar refractivity (Wildman–Crippen MR) is 71.9 cm³/mol. The number of esters is 2. The van der Waals surface area contributed by atoms with Gasteiger partial charge in [-0.05, 0) is 19.3 Å². The molecule has 2 bridgehead atoms. The molecule has 5 heteroatoms. The summed E-state index contributed by atoms with van der Waals surface area (Å²) in [5.74, 6) is -0.674. The van der Waals surface area contributed by atoms with Crippen LogP contribution < -0.4 is 0 Å². The fraction of sp³-hybridized carbons (Fsp3) is 0.600. The smallest absolute Gasteiger partial charge is 0.306 e. The second-order valence-corrected chi connectivity index (χ2v) is 5.01. The molecule has 1 fully saturated rings. The first-order chi connectivity index (χ1) is 9.61. The second kappa shape index (κ2) is 6.70. The van der Waals surface area contributed by atoms with E-state index in [0.29, 0.717) is 6.42 Å². The van der Waals surface area contributed by atoms with Crippen molar-refractivity contribution in [2.45, 2.75) is 57.0 Å². The largest absolute Gasteiger partial charge is 0.455 e. The standard InChI is InChI=1S/C15H20O5/c1-3-4-5-6-7-13(17)20-15-12-9-8-11(19-12)14(15)18-10(2)16/h3,8-9,11-12,14-15H,1,4-7H2,2H3/t11-,12+,14+,15-/m0/s1. The van der Waals surface area contributed by atoms with Crippen LogP contribution in [0.3, 0.4) is 0 Å². The van der Waals surface area contributed by atoms with Crippen LogP contribution in [0.5, 0.6) is 0 Å². The summed E-state index contributed by atoms with van der Waals surface area (Å²) >= 11 is 0. The maximum atomic E-state index is 11.8. The van der Waals surface area contributed by atoms with Gasteiger partial charge in [0, 0.05) is 13.3 Å². The Morgan fingerprint density at radius 3 is 2.45 bits per heavy atom. The molecule has 0 unspecified atom stereocenters. The van der Waals surface area contributed by atoms with Gasteiger partial charge in [0.2, 0.25) is 0 Å². The topological polar surface area (TPSA) is 61.8 Å². The summed E-state index contributed by atoms with van der Waals surface area (Å²) in [7, 11) is 0. The summed E-state index contributed by atoms with van der Waals surface area (Å²) in [5.41, 5.74) is 0. The maximum absolute atomic E-state index is 11.8. The van der Waals surface area contributed by atoms with Crippen molar-refractivity contribution >= 4 is 11.9 Å². The number of ether oxygens (including phenoxy) is 3. The fourth-order valence-electron chi connectivity index (χ4n) is 2.47. The molecule has 0 amide bonds. The molecule has 2 rings (SSSR count). The zero-order chi connectivity index (χ0) is 14.5. The van der Waals surface area contributed by atoms with Crippen molar-refractivity contribution in [3.8, 4) is 0 Å². The van der Waals surface area contributed by atoms with E-state index in [1.807, 2.05) is 18.2 Å². The summed E-state index contributed by atoms with van der Waals surface area (Å²) in [6.45, 7) is 4.97. The second-order valence-electron chi connectivity index (χ2n) is 5.01. The SMILES string of the molecule is C=CCCCCC(=O)O[C@@H]1[C@H](OC(C)=O)[C@@H]2C=C[C@H]1O2. The Hall–Kier alpha value is -1.62. The van der Waals surface area contributed by atoms with Gasteiger partial charge in [0.1, 0.15) is 12.2 Å². The van der Waals surface area contributed by atoms with Crippen molar-refractivity contribution in [1.82, 2.24) is 0 Å². The van der Waals surface area contributed by atoms with Crippen molar-refractivity contribution in [1.29, 1.82) is 0 Å². The van der Waals surface area contributed by atoms with E-state index in [1.54, 1.807) is 0 Å². The first-order valence-electron chi connectivity index (χ1n) is 6.93. The Balaban J connectivity index is 1.84. The van der Waals surface area contributed by atoms with Gasteiger partial charge in [-0.25, -0.2) is 0 Å². The fourth-order valence-corrected chi connectivity index (χ4v) is 2.47. The van der Waals surface area contributed by atoms with Gasteiger partial charge >= 0.3 is 11.9 Å². The lowest BCUT2D eigenvalue weighted by Gasteiger charge is -2.24. The van der Waals surface area contributed by atoms with E-state index in [-0.39, 0.29) is 18.2 Å². The average molecular weight is 280 g/mol. The molecule has 0 radical (unpaired) electrons. The van der Waals surface area contributed by atoms with Gasteiger partial charge in [-0.3, -0.25) is 9.59 Å². The molecule has 110 valence electrons. The molecule has 2 heterocycles. The Morgan fingerprint density at radius 2 is 1.85 bits per heavy atom. The zero-order valence-corrected chi connectivity index (χ0v) is 11.6. The van der Waals surface area contributed by atoms with E-state index >= 15 is 0 Å². The highest BCUT2D eigenvalue weighted by Crippen LogP contribution is 2.33. The van der Waals surface area contributed by atoms with E-state index in [4.69, 9.17) is 14.2 Å². The van der Waals surface area contributed by atoms with Crippen LogP contribution in [0.25, 0.3) is 0 Å². The summed E-state index contributed by atoms with van der Waals surface area (Å²) in [4.78, 5) is 22.9. The predicted octanol–water partition coefficient (Wildman–Crippen LogP) is 1.91. The number of hydrogen-bond donors (Lipinski definition) is 0. The first kappa shape index (κ1) is 14.8. The minimum Gasteiger partial charge on any atom is -0.455 e. The Labute approximate surface area is 118 Å². The Kier molecular flexibility index (Phi) is 4.95. The van der Waals surface area contributed by atoms with Crippen LogP contribution >= 0.6 is 0 Å². The van der Waals surface area contributed by atoms with E-state index in [0.717, 1.165) is 19.3 Å². The van der Waals surface area contributed by atoms with Gasteiger partial charge in [-0.15, -0.1) is 6.58 Å². The van der Waals surface area contributed by atoms with Crippen LogP contribution in [0.2, 0.25) is 0 Å². The van der Waals surface area contributed by atoms with Crippen molar-refractivity contribution in [3.63, 3.8) is 0 Å². The average Bonchev–Trinajstić information content (AvgIpc) is 2.97. The van der Waals surface area contributed by atoms with Crippen LogP contribution in [0, 0.1) is 0 Å². The van der Waals surface area contributed by atoms with Gasteiger partial charge in [0.15, 0.2) is 12.2 Å². The van der Waals surface area contributed by atoms with E-state index in [2.05, 4.69) is 6.58 Å². The molecular formula is C15H20O5. The minimum atomic E-state index is -0.528. The Morgan fingerprint density at radius 1 is 1.20 bits per heavy atom. The number of allylic oxidation sites excluding steroid dienone is 1. The summed E-state index contributed by atoms with van der Waals surface area (Å²) in [6, 6.07) is 0. The van der Waals surface area contributed by atoms with E-state index in [9.17, 15) is 9.59 Å². The van der Waals surface area contributed by atoms with Crippen molar-refractivity contribution in [2.75, 3.05) is 0 Å². The maximum Gasteiger partial charge on any atom is 0.306 e. The highest BCUT2D eigenvalue weighted by molar-refractivity contribution is 5.70. The van der Waals surface area contributed by atoms with Gasteiger partial charge in [0.25, 0.3) is 0 Å². The van der Waals surface area contributed by atoms with Crippen LogP contribution in [0.15, 0.2) is 24.8 Å². The van der Waals surface area contributed by atoms with Gasteiger partial charge < -0.3 is 14.2 Å². The molecule has 4 atom stereocenters. The zero-order valence-electron chi connectivity index (χ0n) is 11.6. The molecule has 2 aliphatic rings. The van der Waals surface area contributed by atoms with Gasteiger partial charge in [0.05, 0.1) is 0 Å². The number of unbranched alkanes of at least 4 members (excludes halogenated alkanes) is 2. The minimum absolute atomic E-state index is 0.277. The third kappa shape index (κ3) is 3.48. The molecule has 1 saturated heterocycles. The molecule has 2 aliphatic heterocycles. The van der Waals surface area contributed by atoms with Crippen LogP contribution in [0.4, 0.5) is 0 Å². The van der Waals surface area contributed by atoms with Gasteiger partial charge in [-0.1, -0.05) is 18.2 Å². The number of carbonyl (C=O) groups is 2. The van der Waals surface area contributed by atoms with E-state index < -0.39 is 18.2 Å². The molecular weight excluding hydrogens is 260 g/mol. The molecule has 0 aliphatic carbocycles. The number of hydrogen-bond acceptors (Lipinski definition) is 5. The number of carbonyl (C=O) groups excluding carboxylic acids is 2. The van der Waals surface area contributed by atoms with E-state index in [1.165, 1.54) is 6.92 Å².